The minimum Gasteiger partial charge on any atom is -0.375 e. The van der Waals surface area contributed by atoms with Gasteiger partial charge in [-0.15, -0.1) is 11.3 Å². The molecule has 1 heterocycles. The van der Waals surface area contributed by atoms with Gasteiger partial charge in [0.1, 0.15) is 0 Å². The van der Waals surface area contributed by atoms with Gasteiger partial charge in [0.25, 0.3) is 0 Å². The fourth-order valence-corrected chi connectivity index (χ4v) is 1.24. The Morgan fingerprint density at radius 1 is 1.64 bits per heavy atom. The molecule has 1 aromatic rings. The smallest absolute Gasteiger partial charge is 0.375 e. The van der Waals surface area contributed by atoms with E-state index in [1.165, 1.54) is 11.3 Å². The molecule has 0 amide bonds. The number of hydrogen-bond donors (Lipinski definition) is 1. The Labute approximate surface area is 82.7 Å². The number of thiazole rings is 1. The molecule has 1 aromatic heterocycles. The summed E-state index contributed by atoms with van der Waals surface area (Å²) < 4.78 is 40.5. The number of nitrogen functional groups attached to an aromatic ring is 1. The average Bonchev–Trinajstić information content (AvgIpc) is 2.45. The SMILES string of the molecule is CC(OCc1csc(N)n1)C(F)(F)F. The van der Waals surface area contributed by atoms with Crippen molar-refractivity contribution in [3.8, 4) is 0 Å². The van der Waals surface area contributed by atoms with E-state index in [4.69, 9.17) is 5.73 Å². The summed E-state index contributed by atoms with van der Waals surface area (Å²) in [5.74, 6) is 0. The molecule has 14 heavy (non-hydrogen) atoms. The predicted molar refractivity (Wildman–Crippen MR) is 46.8 cm³/mol. The number of aromatic nitrogens is 1. The van der Waals surface area contributed by atoms with Crippen molar-refractivity contribution >= 4 is 16.5 Å². The maximum atomic E-state index is 12.0. The third-order valence-electron chi connectivity index (χ3n) is 1.51. The lowest BCUT2D eigenvalue weighted by Gasteiger charge is -2.15. The molecule has 7 heteroatoms. The first-order chi connectivity index (χ1) is 6.39. The van der Waals surface area contributed by atoms with Gasteiger partial charge in [0.05, 0.1) is 12.3 Å². The van der Waals surface area contributed by atoms with Gasteiger partial charge in [-0.05, 0) is 6.92 Å². The highest BCUT2D eigenvalue weighted by atomic mass is 32.1. The molecule has 0 radical (unpaired) electrons. The first-order valence-corrected chi connectivity index (χ1v) is 4.65. The second kappa shape index (κ2) is 4.14. The van der Waals surface area contributed by atoms with Gasteiger partial charge in [0, 0.05) is 5.38 Å². The summed E-state index contributed by atoms with van der Waals surface area (Å²) in [6.45, 7) is 0.782. The van der Waals surface area contributed by atoms with E-state index in [0.717, 1.165) is 6.92 Å². The zero-order valence-corrected chi connectivity index (χ0v) is 8.15. The van der Waals surface area contributed by atoms with Crippen LogP contribution in [-0.2, 0) is 11.3 Å². The molecule has 0 aromatic carbocycles. The lowest BCUT2D eigenvalue weighted by Crippen LogP contribution is -2.28. The molecule has 0 bridgehead atoms. The zero-order chi connectivity index (χ0) is 10.8. The van der Waals surface area contributed by atoms with Crippen LogP contribution in [0.15, 0.2) is 5.38 Å². The molecule has 1 unspecified atom stereocenters. The topological polar surface area (TPSA) is 48.1 Å². The molecular formula is C7H9F3N2OS. The summed E-state index contributed by atoms with van der Waals surface area (Å²) >= 11 is 1.17. The quantitative estimate of drug-likeness (QED) is 0.859. The van der Waals surface area contributed by atoms with E-state index in [0.29, 0.717) is 10.8 Å². The van der Waals surface area contributed by atoms with Crippen LogP contribution in [0.4, 0.5) is 18.3 Å². The Morgan fingerprint density at radius 2 is 2.29 bits per heavy atom. The van der Waals surface area contributed by atoms with Gasteiger partial charge in [0.2, 0.25) is 0 Å². The van der Waals surface area contributed by atoms with Crippen molar-refractivity contribution in [2.75, 3.05) is 5.73 Å². The van der Waals surface area contributed by atoms with Gasteiger partial charge < -0.3 is 10.5 Å². The lowest BCUT2D eigenvalue weighted by atomic mass is 10.4. The zero-order valence-electron chi connectivity index (χ0n) is 7.34. The van der Waals surface area contributed by atoms with Crippen molar-refractivity contribution in [2.45, 2.75) is 25.8 Å². The normalized spacial score (nSPS) is 14.3. The van der Waals surface area contributed by atoms with Gasteiger partial charge in [-0.25, -0.2) is 4.98 Å². The summed E-state index contributed by atoms with van der Waals surface area (Å²) in [5, 5.41) is 1.89. The molecule has 0 aliphatic heterocycles. The van der Waals surface area contributed by atoms with Crippen LogP contribution in [0.25, 0.3) is 0 Å². The van der Waals surface area contributed by atoms with E-state index in [2.05, 4.69) is 9.72 Å². The van der Waals surface area contributed by atoms with Crippen LogP contribution in [0, 0.1) is 0 Å². The average molecular weight is 226 g/mol. The number of anilines is 1. The molecule has 3 nitrogen and oxygen atoms in total. The van der Waals surface area contributed by atoms with E-state index in [1.807, 2.05) is 0 Å². The van der Waals surface area contributed by atoms with Crippen LogP contribution in [-0.4, -0.2) is 17.3 Å². The van der Waals surface area contributed by atoms with Crippen molar-refractivity contribution in [1.29, 1.82) is 0 Å². The van der Waals surface area contributed by atoms with Crippen LogP contribution < -0.4 is 5.73 Å². The predicted octanol–water partition coefficient (Wildman–Crippen LogP) is 2.19. The Bertz CT molecular complexity index is 299. The Hall–Kier alpha value is -0.820. The number of hydrogen-bond acceptors (Lipinski definition) is 4. The largest absolute Gasteiger partial charge is 0.414 e. The van der Waals surface area contributed by atoms with E-state index >= 15 is 0 Å². The maximum absolute atomic E-state index is 12.0. The van der Waals surface area contributed by atoms with Crippen LogP contribution in [0.2, 0.25) is 0 Å². The van der Waals surface area contributed by atoms with Gasteiger partial charge >= 0.3 is 6.18 Å². The second-order valence-electron chi connectivity index (χ2n) is 2.67. The fourth-order valence-electron chi connectivity index (χ4n) is 0.694. The van der Waals surface area contributed by atoms with Gasteiger partial charge in [-0.2, -0.15) is 13.2 Å². The lowest BCUT2D eigenvalue weighted by molar-refractivity contribution is -0.217. The highest BCUT2D eigenvalue weighted by molar-refractivity contribution is 7.13. The van der Waals surface area contributed by atoms with E-state index in [-0.39, 0.29) is 6.61 Å². The highest BCUT2D eigenvalue weighted by Crippen LogP contribution is 2.23. The molecule has 1 atom stereocenters. The number of ether oxygens (including phenoxy) is 1. The first-order valence-electron chi connectivity index (χ1n) is 3.78. The second-order valence-corrected chi connectivity index (χ2v) is 3.56. The van der Waals surface area contributed by atoms with Crippen LogP contribution in [0.1, 0.15) is 12.6 Å². The molecule has 0 aliphatic rings. The number of nitrogens with two attached hydrogens (primary N) is 1. The molecule has 1 rings (SSSR count). The molecule has 0 saturated carbocycles. The Morgan fingerprint density at radius 3 is 2.71 bits per heavy atom. The maximum Gasteiger partial charge on any atom is 0.414 e. The molecule has 2 N–H and O–H groups in total. The minimum absolute atomic E-state index is 0.172. The molecule has 0 fully saturated rings. The summed E-state index contributed by atoms with van der Waals surface area (Å²) in [6, 6.07) is 0. The molecular weight excluding hydrogens is 217 g/mol. The third kappa shape index (κ3) is 3.15. The molecule has 80 valence electrons. The van der Waals surface area contributed by atoms with Crippen molar-refractivity contribution in [1.82, 2.24) is 4.98 Å². The highest BCUT2D eigenvalue weighted by Gasteiger charge is 2.36. The number of rotatable bonds is 3. The van der Waals surface area contributed by atoms with Gasteiger partial charge in [-0.1, -0.05) is 0 Å². The van der Waals surface area contributed by atoms with Gasteiger partial charge in [0.15, 0.2) is 11.2 Å². The van der Waals surface area contributed by atoms with Crippen LogP contribution >= 0.6 is 11.3 Å². The van der Waals surface area contributed by atoms with E-state index in [1.54, 1.807) is 5.38 Å². The number of nitrogens with zero attached hydrogens (tertiary/aromatic N) is 1. The van der Waals surface area contributed by atoms with Crippen molar-refractivity contribution in [3.05, 3.63) is 11.1 Å². The summed E-state index contributed by atoms with van der Waals surface area (Å²) in [4.78, 5) is 3.77. The first kappa shape index (κ1) is 11.3. The summed E-state index contributed by atoms with van der Waals surface area (Å²) in [7, 11) is 0. The number of alkyl halides is 3. The Balaban J connectivity index is 2.41. The molecule has 0 aliphatic carbocycles. The van der Waals surface area contributed by atoms with E-state index in [9.17, 15) is 13.2 Å². The van der Waals surface area contributed by atoms with Crippen LogP contribution in [0.5, 0.6) is 0 Å². The number of halogens is 3. The van der Waals surface area contributed by atoms with Crippen molar-refractivity contribution < 1.29 is 17.9 Å². The third-order valence-corrected chi connectivity index (χ3v) is 2.23. The Kier molecular flexibility index (Phi) is 3.33. The molecule has 0 spiro atoms. The fraction of sp³-hybridized carbons (Fsp3) is 0.571. The van der Waals surface area contributed by atoms with Crippen molar-refractivity contribution in [2.24, 2.45) is 0 Å². The van der Waals surface area contributed by atoms with Crippen LogP contribution in [0.3, 0.4) is 0 Å². The minimum atomic E-state index is -4.33. The van der Waals surface area contributed by atoms with Gasteiger partial charge in [-0.3, -0.25) is 0 Å². The van der Waals surface area contributed by atoms with Crippen molar-refractivity contribution in [3.63, 3.8) is 0 Å². The standard InChI is InChI=1S/C7H9F3N2OS/c1-4(7(8,9)10)13-2-5-3-14-6(11)12-5/h3-4H,2H2,1H3,(H2,11,12). The molecule has 0 saturated heterocycles. The summed E-state index contributed by atoms with van der Waals surface area (Å²) in [6.07, 6.45) is -6.12. The van der Waals surface area contributed by atoms with E-state index < -0.39 is 12.3 Å². The monoisotopic (exact) mass is 226 g/mol. The summed E-state index contributed by atoms with van der Waals surface area (Å²) in [5.41, 5.74) is 5.72.